The third-order valence-electron chi connectivity index (χ3n) is 5.51. The molecule has 0 N–H and O–H groups in total. The second-order valence-corrected chi connectivity index (χ2v) is 8.16. The number of hydrogen-bond donors (Lipinski definition) is 0. The summed E-state index contributed by atoms with van der Waals surface area (Å²) in [6.07, 6.45) is 5.36. The molecule has 4 rings (SSSR count). The zero-order valence-corrected chi connectivity index (χ0v) is 16.2. The molecule has 0 amide bonds. The second kappa shape index (κ2) is 7.88. The Balaban J connectivity index is 1.33. The number of aryl methyl sites for hydroxylation is 1. The Morgan fingerprint density at radius 3 is 2.65 bits per heavy atom. The Labute approximate surface area is 158 Å². The minimum atomic E-state index is -0.0310. The van der Waals surface area contributed by atoms with E-state index in [1.54, 1.807) is 6.07 Å². The molecule has 1 saturated heterocycles. The van der Waals surface area contributed by atoms with Crippen molar-refractivity contribution >= 4 is 17.2 Å². The zero-order chi connectivity index (χ0) is 17.9. The first-order valence-corrected chi connectivity index (χ1v) is 10.6. The van der Waals surface area contributed by atoms with Gasteiger partial charge in [0.15, 0.2) is 0 Å². The van der Waals surface area contributed by atoms with Crippen LogP contribution in [0, 0.1) is 0 Å². The lowest BCUT2D eigenvalue weighted by Gasteiger charge is -2.35. The van der Waals surface area contributed by atoms with Gasteiger partial charge in [0.05, 0.1) is 10.7 Å². The number of hydrogen-bond acceptors (Lipinski definition) is 6. The van der Waals surface area contributed by atoms with E-state index in [0.29, 0.717) is 12.5 Å². The number of nitrogens with zero attached hydrogens (tertiary/aromatic N) is 5. The van der Waals surface area contributed by atoms with Gasteiger partial charge >= 0.3 is 0 Å². The lowest BCUT2D eigenvalue weighted by molar-refractivity contribution is 0.246. The average Bonchev–Trinajstić information content (AvgIpc) is 3.34. The molecule has 2 aromatic rings. The quantitative estimate of drug-likeness (QED) is 0.807. The number of rotatable bonds is 5. The summed E-state index contributed by atoms with van der Waals surface area (Å²) in [6, 6.07) is 3.47. The maximum absolute atomic E-state index is 11.7. The summed E-state index contributed by atoms with van der Waals surface area (Å²) in [7, 11) is 0. The molecule has 140 valence electrons. The Bertz CT molecular complexity index is 787. The van der Waals surface area contributed by atoms with Crippen molar-refractivity contribution in [2.45, 2.75) is 51.6 Å². The predicted octanol–water partition coefficient (Wildman–Crippen LogP) is 2.70. The van der Waals surface area contributed by atoms with Crippen LogP contribution in [0.3, 0.4) is 0 Å². The summed E-state index contributed by atoms with van der Waals surface area (Å²) in [5.41, 5.74) is 1.19. The number of thiazole rings is 1. The Morgan fingerprint density at radius 1 is 1.15 bits per heavy atom. The van der Waals surface area contributed by atoms with E-state index in [-0.39, 0.29) is 5.56 Å². The van der Waals surface area contributed by atoms with Crippen LogP contribution < -0.4 is 10.5 Å². The van der Waals surface area contributed by atoms with E-state index >= 15 is 0 Å². The minimum absolute atomic E-state index is 0.0310. The largest absolute Gasteiger partial charge is 0.353 e. The normalized spacial score (nSPS) is 19.3. The highest BCUT2D eigenvalue weighted by molar-refractivity contribution is 7.09. The first-order valence-electron chi connectivity index (χ1n) is 9.72. The Morgan fingerprint density at radius 2 is 1.92 bits per heavy atom. The van der Waals surface area contributed by atoms with E-state index in [9.17, 15) is 4.79 Å². The van der Waals surface area contributed by atoms with Crippen molar-refractivity contribution in [1.29, 1.82) is 0 Å². The number of aromatic nitrogens is 3. The van der Waals surface area contributed by atoms with Gasteiger partial charge in [0.25, 0.3) is 5.56 Å². The Kier molecular flexibility index (Phi) is 5.36. The molecule has 0 unspecified atom stereocenters. The van der Waals surface area contributed by atoms with Gasteiger partial charge in [0, 0.05) is 56.6 Å². The van der Waals surface area contributed by atoms with E-state index in [2.05, 4.69) is 20.3 Å². The van der Waals surface area contributed by atoms with Crippen molar-refractivity contribution in [3.05, 3.63) is 38.6 Å². The molecule has 1 aliphatic carbocycles. The topological polar surface area (TPSA) is 54.3 Å². The average molecular weight is 374 g/mol. The molecule has 7 heteroatoms. The molecule has 0 spiro atoms. The first kappa shape index (κ1) is 17.7. The smallest absolute Gasteiger partial charge is 0.266 e. The third-order valence-corrected chi connectivity index (χ3v) is 6.56. The maximum atomic E-state index is 11.7. The van der Waals surface area contributed by atoms with Gasteiger partial charge in [0.1, 0.15) is 5.82 Å². The molecular weight excluding hydrogens is 346 g/mol. The fourth-order valence-corrected chi connectivity index (χ4v) is 4.94. The SMILES string of the molecule is CCn1nc(N2CCN(Cc3csc(C4CCCC4)n3)CC2)ccc1=O. The summed E-state index contributed by atoms with van der Waals surface area (Å²) < 4.78 is 1.53. The zero-order valence-electron chi connectivity index (χ0n) is 15.4. The van der Waals surface area contributed by atoms with Gasteiger partial charge in [-0.25, -0.2) is 9.67 Å². The highest BCUT2D eigenvalue weighted by atomic mass is 32.1. The van der Waals surface area contributed by atoms with Crippen LogP contribution in [0.2, 0.25) is 0 Å². The van der Waals surface area contributed by atoms with Crippen LogP contribution in [0.4, 0.5) is 5.82 Å². The highest BCUT2D eigenvalue weighted by Crippen LogP contribution is 2.35. The molecule has 6 nitrogen and oxygen atoms in total. The summed E-state index contributed by atoms with van der Waals surface area (Å²) >= 11 is 1.85. The van der Waals surface area contributed by atoms with Crippen LogP contribution in [0.5, 0.6) is 0 Å². The monoisotopic (exact) mass is 373 g/mol. The molecule has 26 heavy (non-hydrogen) atoms. The highest BCUT2D eigenvalue weighted by Gasteiger charge is 2.22. The van der Waals surface area contributed by atoms with Gasteiger partial charge in [-0.1, -0.05) is 12.8 Å². The Hall–Kier alpha value is -1.73. The van der Waals surface area contributed by atoms with Crippen LogP contribution in [0.25, 0.3) is 0 Å². The van der Waals surface area contributed by atoms with Crippen molar-refractivity contribution in [2.75, 3.05) is 31.1 Å². The molecule has 0 atom stereocenters. The van der Waals surface area contributed by atoms with E-state index in [4.69, 9.17) is 4.98 Å². The van der Waals surface area contributed by atoms with Crippen molar-refractivity contribution < 1.29 is 0 Å². The van der Waals surface area contributed by atoms with E-state index in [0.717, 1.165) is 38.5 Å². The molecular formula is C19H27N5OS. The van der Waals surface area contributed by atoms with Crippen LogP contribution in [0.15, 0.2) is 22.3 Å². The van der Waals surface area contributed by atoms with Gasteiger partial charge in [-0.15, -0.1) is 11.3 Å². The van der Waals surface area contributed by atoms with Gasteiger partial charge < -0.3 is 4.90 Å². The molecule has 2 fully saturated rings. The van der Waals surface area contributed by atoms with E-state index < -0.39 is 0 Å². The summed E-state index contributed by atoms with van der Waals surface area (Å²) in [5.74, 6) is 1.62. The van der Waals surface area contributed by atoms with Crippen molar-refractivity contribution in [3.63, 3.8) is 0 Å². The van der Waals surface area contributed by atoms with Crippen LogP contribution in [-0.4, -0.2) is 45.8 Å². The summed E-state index contributed by atoms with van der Waals surface area (Å²) in [5, 5.41) is 8.07. The van der Waals surface area contributed by atoms with E-state index in [1.807, 2.05) is 24.3 Å². The fraction of sp³-hybridized carbons (Fsp3) is 0.632. The molecule has 2 aliphatic rings. The third kappa shape index (κ3) is 3.83. The van der Waals surface area contributed by atoms with Crippen LogP contribution >= 0.6 is 11.3 Å². The summed E-state index contributed by atoms with van der Waals surface area (Å²) in [6.45, 7) is 7.39. The predicted molar refractivity (Wildman–Crippen MR) is 105 cm³/mol. The van der Waals surface area contributed by atoms with Gasteiger partial charge in [-0.3, -0.25) is 9.69 Å². The summed E-state index contributed by atoms with van der Waals surface area (Å²) in [4.78, 5) is 21.4. The van der Waals surface area contributed by atoms with Gasteiger partial charge in [-0.05, 0) is 25.8 Å². The first-order chi connectivity index (χ1) is 12.7. The molecule has 0 bridgehead atoms. The van der Waals surface area contributed by atoms with Crippen molar-refractivity contribution in [1.82, 2.24) is 19.7 Å². The molecule has 1 saturated carbocycles. The maximum Gasteiger partial charge on any atom is 0.266 e. The van der Waals surface area contributed by atoms with Crippen molar-refractivity contribution in [2.24, 2.45) is 0 Å². The standard InChI is InChI=1S/C19H27N5OS/c1-2-24-18(25)8-7-17(21-24)23-11-9-22(10-12-23)13-16-14-26-19(20-16)15-5-3-4-6-15/h7-8,14-15H,2-6,9-13H2,1H3. The molecule has 0 radical (unpaired) electrons. The van der Waals surface area contributed by atoms with Gasteiger partial charge in [0.2, 0.25) is 0 Å². The van der Waals surface area contributed by atoms with Crippen molar-refractivity contribution in [3.8, 4) is 0 Å². The second-order valence-electron chi connectivity index (χ2n) is 7.27. The fourth-order valence-electron chi connectivity index (χ4n) is 3.95. The van der Waals surface area contributed by atoms with Crippen LogP contribution in [0.1, 0.15) is 49.2 Å². The van der Waals surface area contributed by atoms with E-state index in [1.165, 1.54) is 41.1 Å². The van der Waals surface area contributed by atoms with Gasteiger partial charge in [-0.2, -0.15) is 5.10 Å². The molecule has 2 aromatic heterocycles. The molecule has 1 aliphatic heterocycles. The molecule has 0 aromatic carbocycles. The lowest BCUT2D eigenvalue weighted by atomic mass is 10.1. The van der Waals surface area contributed by atoms with Crippen LogP contribution in [-0.2, 0) is 13.1 Å². The lowest BCUT2D eigenvalue weighted by Crippen LogP contribution is -2.46. The number of piperazine rings is 1. The minimum Gasteiger partial charge on any atom is -0.353 e. The number of anilines is 1. The molecule has 3 heterocycles.